The van der Waals surface area contributed by atoms with Crippen molar-refractivity contribution in [1.82, 2.24) is 5.32 Å². The Morgan fingerprint density at radius 1 is 1.50 bits per heavy atom. The highest BCUT2D eigenvalue weighted by molar-refractivity contribution is 7.98. The van der Waals surface area contributed by atoms with Gasteiger partial charge < -0.3 is 5.32 Å². The summed E-state index contributed by atoms with van der Waals surface area (Å²) in [5.74, 6) is 1.33. The molecule has 1 nitrogen and oxygen atoms in total. The Labute approximate surface area is 93.4 Å². The second-order valence-corrected chi connectivity index (χ2v) is 5.89. The number of hydrogen-bond acceptors (Lipinski definition) is 2. The minimum atomic E-state index is 0.641. The fourth-order valence-corrected chi connectivity index (χ4v) is 3.09. The average molecular weight is 215 g/mol. The second-order valence-electron chi connectivity index (χ2n) is 4.90. The van der Waals surface area contributed by atoms with Gasteiger partial charge in [-0.1, -0.05) is 13.8 Å². The molecule has 1 rings (SSSR count). The van der Waals surface area contributed by atoms with Crippen molar-refractivity contribution in [3.8, 4) is 0 Å². The van der Waals surface area contributed by atoms with E-state index in [1.165, 1.54) is 37.9 Å². The maximum Gasteiger partial charge on any atom is 0.00723 e. The standard InChI is InChI=1S/C12H25NS/c1-4-13-11-6-8-12(2,10-11)7-5-9-14-3/h11,13H,4-10H2,1-3H3. The molecule has 1 N–H and O–H groups in total. The van der Waals surface area contributed by atoms with Gasteiger partial charge in [-0.25, -0.2) is 0 Å². The summed E-state index contributed by atoms with van der Waals surface area (Å²) in [6, 6.07) is 0.805. The molecular formula is C12H25NS. The molecule has 0 aromatic rings. The van der Waals surface area contributed by atoms with Crippen LogP contribution in [0.3, 0.4) is 0 Å². The maximum atomic E-state index is 3.58. The van der Waals surface area contributed by atoms with E-state index >= 15 is 0 Å². The van der Waals surface area contributed by atoms with Crippen molar-refractivity contribution < 1.29 is 0 Å². The highest BCUT2D eigenvalue weighted by atomic mass is 32.2. The summed E-state index contributed by atoms with van der Waals surface area (Å²) in [7, 11) is 0. The summed E-state index contributed by atoms with van der Waals surface area (Å²) >= 11 is 1.98. The zero-order chi connectivity index (χ0) is 10.4. The van der Waals surface area contributed by atoms with E-state index in [1.807, 2.05) is 11.8 Å². The first-order chi connectivity index (χ1) is 6.70. The van der Waals surface area contributed by atoms with Crippen LogP contribution in [0.2, 0.25) is 0 Å². The van der Waals surface area contributed by atoms with Gasteiger partial charge in [0.05, 0.1) is 0 Å². The van der Waals surface area contributed by atoms with Crippen molar-refractivity contribution in [2.75, 3.05) is 18.6 Å². The Morgan fingerprint density at radius 2 is 2.29 bits per heavy atom. The molecule has 2 unspecified atom stereocenters. The zero-order valence-electron chi connectivity index (χ0n) is 9.94. The van der Waals surface area contributed by atoms with Gasteiger partial charge in [-0.15, -0.1) is 0 Å². The highest BCUT2D eigenvalue weighted by Gasteiger charge is 2.33. The van der Waals surface area contributed by atoms with Crippen LogP contribution in [0.4, 0.5) is 0 Å². The summed E-state index contributed by atoms with van der Waals surface area (Å²) in [5.41, 5.74) is 0.641. The monoisotopic (exact) mass is 215 g/mol. The molecule has 1 aliphatic carbocycles. The summed E-state index contributed by atoms with van der Waals surface area (Å²) in [6.45, 7) is 5.82. The molecule has 0 bridgehead atoms. The van der Waals surface area contributed by atoms with Gasteiger partial charge in [-0.2, -0.15) is 11.8 Å². The maximum absolute atomic E-state index is 3.58. The number of rotatable bonds is 6. The van der Waals surface area contributed by atoms with Crippen molar-refractivity contribution in [3.63, 3.8) is 0 Å². The first-order valence-electron chi connectivity index (χ1n) is 5.92. The van der Waals surface area contributed by atoms with E-state index in [0.29, 0.717) is 5.41 Å². The van der Waals surface area contributed by atoms with Crippen LogP contribution in [0.1, 0.15) is 46.0 Å². The summed E-state index contributed by atoms with van der Waals surface area (Å²) < 4.78 is 0. The van der Waals surface area contributed by atoms with Gasteiger partial charge in [-0.05, 0) is 56.1 Å². The van der Waals surface area contributed by atoms with E-state index in [4.69, 9.17) is 0 Å². The Hall–Kier alpha value is 0.310. The second kappa shape index (κ2) is 6.02. The third-order valence-electron chi connectivity index (χ3n) is 3.46. The first kappa shape index (κ1) is 12.4. The summed E-state index contributed by atoms with van der Waals surface area (Å²) in [4.78, 5) is 0. The fourth-order valence-electron chi connectivity index (χ4n) is 2.65. The molecule has 14 heavy (non-hydrogen) atoms. The molecule has 2 atom stereocenters. The third-order valence-corrected chi connectivity index (χ3v) is 4.15. The molecule has 0 spiro atoms. The molecule has 0 aliphatic heterocycles. The predicted molar refractivity (Wildman–Crippen MR) is 67.0 cm³/mol. The van der Waals surface area contributed by atoms with Crippen LogP contribution >= 0.6 is 11.8 Å². The van der Waals surface area contributed by atoms with Gasteiger partial charge in [-0.3, -0.25) is 0 Å². The largest absolute Gasteiger partial charge is 0.314 e. The zero-order valence-corrected chi connectivity index (χ0v) is 10.8. The van der Waals surface area contributed by atoms with E-state index in [0.717, 1.165) is 12.6 Å². The molecule has 0 radical (unpaired) electrons. The van der Waals surface area contributed by atoms with Crippen molar-refractivity contribution >= 4 is 11.8 Å². The Kier molecular flexibility index (Phi) is 5.32. The van der Waals surface area contributed by atoms with Gasteiger partial charge in [0, 0.05) is 6.04 Å². The van der Waals surface area contributed by atoms with E-state index in [9.17, 15) is 0 Å². The van der Waals surface area contributed by atoms with Crippen molar-refractivity contribution in [2.24, 2.45) is 5.41 Å². The average Bonchev–Trinajstić information content (AvgIpc) is 2.49. The third kappa shape index (κ3) is 3.82. The van der Waals surface area contributed by atoms with Crippen LogP contribution in [0, 0.1) is 5.41 Å². The van der Waals surface area contributed by atoms with Crippen LogP contribution in [-0.2, 0) is 0 Å². The Balaban J connectivity index is 2.22. The summed E-state index contributed by atoms with van der Waals surface area (Å²) in [6.07, 6.45) is 9.25. The molecule has 0 saturated heterocycles. The van der Waals surface area contributed by atoms with Crippen molar-refractivity contribution in [3.05, 3.63) is 0 Å². The fraction of sp³-hybridized carbons (Fsp3) is 1.00. The normalized spacial score (nSPS) is 32.4. The molecule has 0 amide bonds. The number of nitrogens with one attached hydrogen (secondary N) is 1. The minimum absolute atomic E-state index is 0.641. The van der Waals surface area contributed by atoms with Crippen LogP contribution < -0.4 is 5.32 Å². The van der Waals surface area contributed by atoms with Crippen molar-refractivity contribution in [2.45, 2.75) is 52.0 Å². The van der Waals surface area contributed by atoms with Gasteiger partial charge >= 0.3 is 0 Å². The lowest BCUT2D eigenvalue weighted by molar-refractivity contribution is 0.296. The van der Waals surface area contributed by atoms with Crippen LogP contribution in [0.5, 0.6) is 0 Å². The molecule has 0 heterocycles. The van der Waals surface area contributed by atoms with Crippen LogP contribution in [-0.4, -0.2) is 24.6 Å². The van der Waals surface area contributed by atoms with Crippen LogP contribution in [0.25, 0.3) is 0 Å². The quantitative estimate of drug-likeness (QED) is 0.682. The minimum Gasteiger partial charge on any atom is -0.314 e. The molecule has 1 aliphatic rings. The molecule has 1 saturated carbocycles. The molecule has 2 heteroatoms. The van der Waals surface area contributed by atoms with E-state index in [-0.39, 0.29) is 0 Å². The first-order valence-corrected chi connectivity index (χ1v) is 7.32. The Morgan fingerprint density at radius 3 is 2.93 bits per heavy atom. The Bertz CT molecular complexity index is 160. The lowest BCUT2D eigenvalue weighted by atomic mass is 9.84. The van der Waals surface area contributed by atoms with Gasteiger partial charge in [0.25, 0.3) is 0 Å². The van der Waals surface area contributed by atoms with Crippen LogP contribution in [0.15, 0.2) is 0 Å². The lowest BCUT2D eigenvalue weighted by Crippen LogP contribution is -2.27. The molecule has 0 aromatic heterocycles. The SMILES string of the molecule is CCNC1CCC(C)(CCCSC)C1. The topological polar surface area (TPSA) is 12.0 Å². The number of hydrogen-bond donors (Lipinski definition) is 1. The molecule has 0 aromatic carbocycles. The molecule has 84 valence electrons. The van der Waals surface area contributed by atoms with E-state index < -0.39 is 0 Å². The molecule has 1 fully saturated rings. The van der Waals surface area contributed by atoms with Gasteiger partial charge in [0.2, 0.25) is 0 Å². The van der Waals surface area contributed by atoms with E-state index in [2.05, 4.69) is 25.4 Å². The van der Waals surface area contributed by atoms with E-state index in [1.54, 1.807) is 0 Å². The number of thioether (sulfide) groups is 1. The highest BCUT2D eigenvalue weighted by Crippen LogP contribution is 2.41. The van der Waals surface area contributed by atoms with Crippen molar-refractivity contribution in [1.29, 1.82) is 0 Å². The molecular weight excluding hydrogens is 190 g/mol. The van der Waals surface area contributed by atoms with Gasteiger partial charge in [0.15, 0.2) is 0 Å². The summed E-state index contributed by atoms with van der Waals surface area (Å²) in [5, 5.41) is 3.58. The smallest absolute Gasteiger partial charge is 0.00723 e. The predicted octanol–water partition coefficient (Wildman–Crippen LogP) is 3.30. The van der Waals surface area contributed by atoms with Gasteiger partial charge in [0.1, 0.15) is 0 Å². The lowest BCUT2D eigenvalue weighted by Gasteiger charge is -2.24.